The molecule has 4 rings (SSSR count). The van der Waals surface area contributed by atoms with Gasteiger partial charge >= 0.3 is 0 Å². The molecule has 0 radical (unpaired) electrons. The SMILES string of the molecule is Fc1cccc(-c2cccc3c2NC(NCc2ncccn2)=NS3)c1Cl. The molecule has 26 heavy (non-hydrogen) atoms. The van der Waals surface area contributed by atoms with Crippen molar-refractivity contribution in [3.8, 4) is 11.1 Å². The lowest BCUT2D eigenvalue weighted by Crippen LogP contribution is -2.32. The van der Waals surface area contributed by atoms with E-state index in [9.17, 15) is 4.39 Å². The number of benzene rings is 2. The van der Waals surface area contributed by atoms with E-state index in [0.717, 1.165) is 16.1 Å². The second kappa shape index (κ2) is 7.31. The molecule has 0 saturated heterocycles. The number of para-hydroxylation sites is 1. The molecule has 0 saturated carbocycles. The fourth-order valence-corrected chi connectivity index (χ4v) is 3.49. The van der Waals surface area contributed by atoms with Gasteiger partial charge in [0.05, 0.1) is 22.2 Å². The van der Waals surface area contributed by atoms with Crippen LogP contribution in [0.5, 0.6) is 0 Å². The van der Waals surface area contributed by atoms with Crippen molar-refractivity contribution in [2.75, 3.05) is 5.32 Å². The molecule has 0 atom stereocenters. The van der Waals surface area contributed by atoms with Gasteiger partial charge in [-0.3, -0.25) is 0 Å². The van der Waals surface area contributed by atoms with E-state index >= 15 is 0 Å². The lowest BCUT2D eigenvalue weighted by atomic mass is 10.0. The summed E-state index contributed by atoms with van der Waals surface area (Å²) in [6.07, 6.45) is 3.38. The molecule has 0 bridgehead atoms. The van der Waals surface area contributed by atoms with Gasteiger partial charge in [-0.15, -0.1) is 0 Å². The molecule has 0 spiro atoms. The third-order valence-electron chi connectivity index (χ3n) is 3.78. The van der Waals surface area contributed by atoms with Crippen molar-refractivity contribution in [1.82, 2.24) is 15.3 Å². The van der Waals surface area contributed by atoms with Gasteiger partial charge in [0, 0.05) is 35.5 Å². The van der Waals surface area contributed by atoms with Crippen LogP contribution < -0.4 is 10.6 Å². The predicted molar refractivity (Wildman–Crippen MR) is 103 cm³/mol. The van der Waals surface area contributed by atoms with Gasteiger partial charge < -0.3 is 10.6 Å². The van der Waals surface area contributed by atoms with Gasteiger partial charge in [-0.1, -0.05) is 35.9 Å². The summed E-state index contributed by atoms with van der Waals surface area (Å²) in [5.74, 6) is 0.794. The van der Waals surface area contributed by atoms with Crippen molar-refractivity contribution in [3.05, 3.63) is 71.5 Å². The molecular weight excluding hydrogens is 373 g/mol. The average molecular weight is 386 g/mol. The molecule has 5 nitrogen and oxygen atoms in total. The molecule has 1 aromatic heterocycles. The minimum Gasteiger partial charge on any atom is -0.348 e. The van der Waals surface area contributed by atoms with E-state index in [0.29, 0.717) is 23.9 Å². The molecular formula is C18H13ClFN5S. The summed E-state index contributed by atoms with van der Waals surface area (Å²) < 4.78 is 18.3. The largest absolute Gasteiger partial charge is 0.348 e. The van der Waals surface area contributed by atoms with Crippen LogP contribution in [0, 0.1) is 5.82 Å². The fourth-order valence-electron chi connectivity index (χ4n) is 2.57. The molecule has 0 aliphatic carbocycles. The number of halogens is 2. The third kappa shape index (κ3) is 3.36. The molecule has 0 fully saturated rings. The molecule has 2 aromatic carbocycles. The van der Waals surface area contributed by atoms with Crippen molar-refractivity contribution in [3.63, 3.8) is 0 Å². The number of hydrogen-bond donors (Lipinski definition) is 2. The summed E-state index contributed by atoms with van der Waals surface area (Å²) in [6.45, 7) is 0.436. The number of anilines is 1. The maximum absolute atomic E-state index is 13.9. The van der Waals surface area contributed by atoms with E-state index in [2.05, 4.69) is 25.0 Å². The molecule has 8 heteroatoms. The molecule has 0 unspecified atom stereocenters. The Kier molecular flexibility index (Phi) is 4.73. The van der Waals surface area contributed by atoms with E-state index in [1.54, 1.807) is 30.6 Å². The van der Waals surface area contributed by atoms with Gasteiger partial charge in [0.2, 0.25) is 5.96 Å². The van der Waals surface area contributed by atoms with Crippen LogP contribution in [-0.4, -0.2) is 15.9 Å². The Morgan fingerprint density at radius 2 is 1.81 bits per heavy atom. The zero-order valence-electron chi connectivity index (χ0n) is 13.4. The highest BCUT2D eigenvalue weighted by Crippen LogP contribution is 2.41. The number of hydrogen-bond acceptors (Lipinski definition) is 6. The average Bonchev–Trinajstić information content (AvgIpc) is 2.69. The summed E-state index contributed by atoms with van der Waals surface area (Å²) in [5.41, 5.74) is 2.27. The molecule has 2 heterocycles. The van der Waals surface area contributed by atoms with Gasteiger partial charge in [0.15, 0.2) is 0 Å². The zero-order chi connectivity index (χ0) is 17.9. The Labute approximate surface area is 158 Å². The van der Waals surface area contributed by atoms with E-state index in [1.807, 2.05) is 18.2 Å². The number of guanidine groups is 1. The van der Waals surface area contributed by atoms with Crippen LogP contribution >= 0.6 is 23.5 Å². The predicted octanol–water partition coefficient (Wildman–Crippen LogP) is 4.51. The molecule has 1 aliphatic heterocycles. The summed E-state index contributed by atoms with van der Waals surface area (Å²) in [7, 11) is 0. The van der Waals surface area contributed by atoms with Gasteiger partial charge in [-0.25, -0.2) is 14.4 Å². The van der Waals surface area contributed by atoms with Gasteiger partial charge in [0.1, 0.15) is 11.6 Å². The molecule has 0 amide bonds. The lowest BCUT2D eigenvalue weighted by molar-refractivity contribution is 0.629. The molecule has 2 N–H and O–H groups in total. The Hall–Kier alpha value is -2.64. The van der Waals surface area contributed by atoms with E-state index in [-0.39, 0.29) is 5.02 Å². The van der Waals surface area contributed by atoms with Crippen LogP contribution in [0.25, 0.3) is 11.1 Å². The smallest absolute Gasteiger partial charge is 0.208 e. The van der Waals surface area contributed by atoms with Crippen molar-refractivity contribution >= 4 is 35.2 Å². The van der Waals surface area contributed by atoms with Crippen LogP contribution in [0.2, 0.25) is 5.02 Å². The number of nitrogens with one attached hydrogen (secondary N) is 2. The van der Waals surface area contributed by atoms with Crippen molar-refractivity contribution in [2.24, 2.45) is 4.40 Å². The first kappa shape index (κ1) is 16.8. The Balaban J connectivity index is 1.61. The third-order valence-corrected chi connectivity index (χ3v) is 4.97. The van der Waals surface area contributed by atoms with Gasteiger partial charge in [0.25, 0.3) is 0 Å². The highest BCUT2D eigenvalue weighted by atomic mass is 35.5. The quantitative estimate of drug-likeness (QED) is 0.649. The monoisotopic (exact) mass is 385 g/mol. The Bertz CT molecular complexity index is 981. The summed E-state index contributed by atoms with van der Waals surface area (Å²) in [5, 5.41) is 6.53. The first-order valence-electron chi connectivity index (χ1n) is 7.81. The molecule has 130 valence electrons. The van der Waals surface area contributed by atoms with Crippen LogP contribution in [0.1, 0.15) is 5.82 Å². The first-order valence-corrected chi connectivity index (χ1v) is 8.97. The Morgan fingerprint density at radius 3 is 2.65 bits per heavy atom. The molecule has 3 aromatic rings. The normalized spacial score (nSPS) is 12.8. The lowest BCUT2D eigenvalue weighted by Gasteiger charge is -2.21. The van der Waals surface area contributed by atoms with Crippen molar-refractivity contribution < 1.29 is 4.39 Å². The van der Waals surface area contributed by atoms with Crippen LogP contribution in [0.4, 0.5) is 10.1 Å². The first-order chi connectivity index (χ1) is 12.7. The standard InChI is InChI=1S/C18H13ClFN5S/c19-16-11(4-1-6-13(16)20)12-5-2-7-14-17(12)24-18(25-26-14)23-10-15-21-8-3-9-22-15/h1-9H,10H2,(H2,23,24,25). The fraction of sp³-hybridized carbons (Fsp3) is 0.0556. The van der Waals surface area contributed by atoms with E-state index in [1.165, 1.54) is 18.0 Å². The molecule has 1 aliphatic rings. The topological polar surface area (TPSA) is 62.2 Å². The summed E-state index contributed by atoms with van der Waals surface area (Å²) >= 11 is 7.51. The Morgan fingerprint density at radius 1 is 1.04 bits per heavy atom. The minimum atomic E-state index is -0.446. The van der Waals surface area contributed by atoms with Crippen LogP contribution in [-0.2, 0) is 6.54 Å². The van der Waals surface area contributed by atoms with Crippen LogP contribution in [0.3, 0.4) is 0 Å². The van der Waals surface area contributed by atoms with Crippen LogP contribution in [0.15, 0.2) is 64.2 Å². The second-order valence-corrected chi connectivity index (χ2v) is 6.64. The van der Waals surface area contributed by atoms with Gasteiger partial charge in [-0.2, -0.15) is 4.40 Å². The second-order valence-electron chi connectivity index (χ2n) is 5.45. The van der Waals surface area contributed by atoms with Crippen molar-refractivity contribution in [1.29, 1.82) is 0 Å². The van der Waals surface area contributed by atoms with E-state index in [4.69, 9.17) is 11.6 Å². The highest BCUT2D eigenvalue weighted by Gasteiger charge is 2.19. The maximum atomic E-state index is 13.9. The van der Waals surface area contributed by atoms with E-state index < -0.39 is 5.82 Å². The zero-order valence-corrected chi connectivity index (χ0v) is 15.0. The summed E-state index contributed by atoms with van der Waals surface area (Å²) in [6, 6.07) is 12.3. The minimum absolute atomic E-state index is 0.0995. The van der Waals surface area contributed by atoms with Gasteiger partial charge in [-0.05, 0) is 18.2 Å². The number of rotatable bonds is 3. The number of fused-ring (bicyclic) bond motifs is 1. The maximum Gasteiger partial charge on any atom is 0.208 e. The number of aromatic nitrogens is 2. The highest BCUT2D eigenvalue weighted by molar-refractivity contribution is 7.98. The van der Waals surface area contributed by atoms with Crippen molar-refractivity contribution in [2.45, 2.75) is 11.4 Å². The summed E-state index contributed by atoms with van der Waals surface area (Å²) in [4.78, 5) is 9.28. The number of nitrogens with zero attached hydrogens (tertiary/aromatic N) is 3.